The molecule has 2 aromatic rings. The number of rotatable bonds is 3. The van der Waals surface area contributed by atoms with Crippen molar-refractivity contribution < 1.29 is 4.42 Å². The maximum absolute atomic E-state index is 6.09. The maximum atomic E-state index is 6.09. The van der Waals surface area contributed by atoms with Gasteiger partial charge in [-0.05, 0) is 37.4 Å². The number of benzene rings is 1. The molecule has 0 aliphatic carbocycles. The summed E-state index contributed by atoms with van der Waals surface area (Å²) in [6.07, 6.45) is 0. The fourth-order valence-corrected chi connectivity index (χ4v) is 1.98. The van der Waals surface area contributed by atoms with Gasteiger partial charge in [0, 0.05) is 10.6 Å². The first kappa shape index (κ1) is 11.5. The molecular weight excluding hydrogens is 245 g/mol. The molecule has 1 N–H and O–H groups in total. The summed E-state index contributed by atoms with van der Waals surface area (Å²) in [6.45, 7) is 0.700. The van der Waals surface area contributed by atoms with Gasteiger partial charge in [0.15, 0.2) is 0 Å². The third-order valence-electron chi connectivity index (χ3n) is 2.21. The first-order valence-electron chi connectivity index (χ1n) is 4.89. The van der Waals surface area contributed by atoms with E-state index in [1.54, 1.807) is 12.1 Å². The van der Waals surface area contributed by atoms with Gasteiger partial charge in [0.25, 0.3) is 0 Å². The number of nitrogens with one attached hydrogen (secondary N) is 1. The quantitative estimate of drug-likeness (QED) is 0.898. The van der Waals surface area contributed by atoms with E-state index in [-0.39, 0.29) is 0 Å². The van der Waals surface area contributed by atoms with E-state index < -0.39 is 0 Å². The first-order chi connectivity index (χ1) is 7.70. The summed E-state index contributed by atoms with van der Waals surface area (Å²) >= 11 is 11.9. The van der Waals surface area contributed by atoms with Gasteiger partial charge in [0.2, 0.25) is 0 Å². The second-order valence-electron chi connectivity index (χ2n) is 3.42. The van der Waals surface area contributed by atoms with Gasteiger partial charge in [-0.3, -0.25) is 0 Å². The van der Waals surface area contributed by atoms with E-state index in [1.807, 2.05) is 25.2 Å². The van der Waals surface area contributed by atoms with E-state index in [9.17, 15) is 0 Å². The van der Waals surface area contributed by atoms with Crippen molar-refractivity contribution in [2.75, 3.05) is 7.05 Å². The Hall–Kier alpha value is -0.960. The Balaban J connectivity index is 2.35. The monoisotopic (exact) mass is 255 g/mol. The van der Waals surface area contributed by atoms with Gasteiger partial charge in [0.1, 0.15) is 11.5 Å². The molecule has 2 nitrogen and oxygen atoms in total. The average Bonchev–Trinajstić information content (AvgIpc) is 2.67. The molecular formula is C12H11Cl2NO. The molecule has 0 radical (unpaired) electrons. The Bertz CT molecular complexity index is 494. The maximum Gasteiger partial charge on any atom is 0.135 e. The highest BCUT2D eigenvalue weighted by Crippen LogP contribution is 2.31. The van der Waals surface area contributed by atoms with E-state index >= 15 is 0 Å². The van der Waals surface area contributed by atoms with Crippen LogP contribution >= 0.6 is 23.2 Å². The summed E-state index contributed by atoms with van der Waals surface area (Å²) in [5.41, 5.74) is 0.855. The fraction of sp³-hybridized carbons (Fsp3) is 0.167. The molecule has 0 unspecified atom stereocenters. The van der Waals surface area contributed by atoms with E-state index in [1.165, 1.54) is 0 Å². The third-order valence-corrected chi connectivity index (χ3v) is 2.76. The molecule has 1 aromatic heterocycles. The largest absolute Gasteiger partial charge is 0.460 e. The Kier molecular flexibility index (Phi) is 3.54. The standard InChI is InChI=1S/C12H11Cl2NO/c1-15-7-9-3-5-12(16-9)10-4-2-8(13)6-11(10)14/h2-6,15H,7H2,1H3. The van der Waals surface area contributed by atoms with Crippen molar-refractivity contribution in [3.05, 3.63) is 46.1 Å². The van der Waals surface area contributed by atoms with Crippen LogP contribution in [0.15, 0.2) is 34.7 Å². The molecule has 0 bridgehead atoms. The molecule has 0 saturated heterocycles. The lowest BCUT2D eigenvalue weighted by atomic mass is 10.2. The van der Waals surface area contributed by atoms with Gasteiger partial charge in [-0.1, -0.05) is 23.2 Å². The molecule has 2 rings (SSSR count). The molecule has 0 atom stereocenters. The molecule has 0 amide bonds. The highest BCUT2D eigenvalue weighted by Gasteiger charge is 2.08. The van der Waals surface area contributed by atoms with Crippen LogP contribution in [0.2, 0.25) is 10.0 Å². The number of hydrogen-bond acceptors (Lipinski definition) is 2. The van der Waals surface area contributed by atoms with Gasteiger partial charge in [-0.2, -0.15) is 0 Å². The molecule has 1 aromatic carbocycles. The van der Waals surface area contributed by atoms with Gasteiger partial charge in [-0.15, -0.1) is 0 Å². The summed E-state index contributed by atoms with van der Waals surface area (Å²) in [6, 6.07) is 9.19. The molecule has 84 valence electrons. The summed E-state index contributed by atoms with van der Waals surface area (Å²) in [7, 11) is 1.87. The minimum absolute atomic E-state index is 0.595. The summed E-state index contributed by atoms with van der Waals surface area (Å²) in [5.74, 6) is 1.63. The van der Waals surface area contributed by atoms with Crippen molar-refractivity contribution in [1.29, 1.82) is 0 Å². The van der Waals surface area contributed by atoms with Gasteiger partial charge in [-0.25, -0.2) is 0 Å². The van der Waals surface area contributed by atoms with Gasteiger partial charge >= 0.3 is 0 Å². The van der Waals surface area contributed by atoms with Crippen molar-refractivity contribution in [2.24, 2.45) is 0 Å². The van der Waals surface area contributed by atoms with Crippen LogP contribution < -0.4 is 5.32 Å². The summed E-state index contributed by atoms with van der Waals surface area (Å²) < 4.78 is 5.64. The van der Waals surface area contributed by atoms with Crippen molar-refractivity contribution >= 4 is 23.2 Å². The highest BCUT2D eigenvalue weighted by molar-refractivity contribution is 6.36. The minimum atomic E-state index is 0.595. The van der Waals surface area contributed by atoms with Crippen molar-refractivity contribution in [1.82, 2.24) is 5.32 Å². The van der Waals surface area contributed by atoms with Gasteiger partial charge < -0.3 is 9.73 Å². The topological polar surface area (TPSA) is 25.2 Å². The van der Waals surface area contributed by atoms with Crippen LogP contribution in [0.4, 0.5) is 0 Å². The van der Waals surface area contributed by atoms with Crippen LogP contribution in [-0.4, -0.2) is 7.05 Å². The SMILES string of the molecule is CNCc1ccc(-c2ccc(Cl)cc2Cl)o1. The fourth-order valence-electron chi connectivity index (χ4n) is 1.48. The normalized spacial score (nSPS) is 10.7. The van der Waals surface area contributed by atoms with Gasteiger partial charge in [0.05, 0.1) is 11.6 Å². The Morgan fingerprint density at radius 1 is 1.19 bits per heavy atom. The molecule has 0 spiro atoms. The van der Waals surface area contributed by atoms with Crippen LogP contribution in [0.3, 0.4) is 0 Å². The molecule has 4 heteroatoms. The number of furan rings is 1. The number of hydrogen-bond donors (Lipinski definition) is 1. The minimum Gasteiger partial charge on any atom is -0.460 e. The molecule has 1 heterocycles. The summed E-state index contributed by atoms with van der Waals surface area (Å²) in [4.78, 5) is 0. The van der Waals surface area contributed by atoms with E-state index in [0.29, 0.717) is 16.6 Å². The lowest BCUT2D eigenvalue weighted by Gasteiger charge is -2.01. The van der Waals surface area contributed by atoms with Crippen LogP contribution in [0, 0.1) is 0 Å². The molecule has 0 aliphatic heterocycles. The van der Waals surface area contributed by atoms with E-state index in [0.717, 1.165) is 17.1 Å². The second-order valence-corrected chi connectivity index (χ2v) is 4.26. The van der Waals surface area contributed by atoms with E-state index in [4.69, 9.17) is 27.6 Å². The summed E-state index contributed by atoms with van der Waals surface area (Å²) in [5, 5.41) is 4.24. The number of halogens is 2. The Morgan fingerprint density at radius 3 is 2.69 bits per heavy atom. The van der Waals surface area contributed by atoms with Crippen molar-refractivity contribution in [2.45, 2.75) is 6.54 Å². The predicted octanol–water partition coefficient (Wildman–Crippen LogP) is 3.97. The lowest BCUT2D eigenvalue weighted by Crippen LogP contribution is -2.03. The van der Waals surface area contributed by atoms with Crippen LogP contribution in [-0.2, 0) is 6.54 Å². The second kappa shape index (κ2) is 4.91. The Morgan fingerprint density at radius 2 is 2.00 bits per heavy atom. The van der Waals surface area contributed by atoms with Crippen molar-refractivity contribution in [3.63, 3.8) is 0 Å². The molecule has 0 aliphatic rings. The zero-order valence-corrected chi connectivity index (χ0v) is 10.3. The Labute approximate surface area is 104 Å². The van der Waals surface area contributed by atoms with Crippen molar-refractivity contribution in [3.8, 4) is 11.3 Å². The molecule has 16 heavy (non-hydrogen) atoms. The molecule has 0 saturated carbocycles. The average molecular weight is 256 g/mol. The zero-order valence-electron chi connectivity index (χ0n) is 8.76. The van der Waals surface area contributed by atoms with Crippen LogP contribution in [0.25, 0.3) is 11.3 Å². The third kappa shape index (κ3) is 2.40. The predicted molar refractivity (Wildman–Crippen MR) is 66.9 cm³/mol. The zero-order chi connectivity index (χ0) is 11.5. The smallest absolute Gasteiger partial charge is 0.135 e. The van der Waals surface area contributed by atoms with Crippen LogP contribution in [0.5, 0.6) is 0 Å². The first-order valence-corrected chi connectivity index (χ1v) is 5.65. The highest BCUT2D eigenvalue weighted by atomic mass is 35.5. The van der Waals surface area contributed by atoms with Crippen LogP contribution in [0.1, 0.15) is 5.76 Å². The van der Waals surface area contributed by atoms with E-state index in [2.05, 4.69) is 5.32 Å². The lowest BCUT2D eigenvalue weighted by molar-refractivity contribution is 0.507. The molecule has 0 fully saturated rings.